The summed E-state index contributed by atoms with van der Waals surface area (Å²) in [5.41, 5.74) is -2.99. The van der Waals surface area contributed by atoms with E-state index in [1.807, 2.05) is 0 Å². The van der Waals surface area contributed by atoms with Crippen molar-refractivity contribution in [1.82, 2.24) is 0 Å². The Morgan fingerprint density at radius 1 is 1.11 bits per heavy atom. The number of hydrogen-bond acceptors (Lipinski definition) is 6. The zero-order valence-electron chi connectivity index (χ0n) is 8.14. The van der Waals surface area contributed by atoms with E-state index in [1.165, 1.54) is 0 Å². The Morgan fingerprint density at radius 3 is 1.79 bits per heavy atom. The Kier molecular flexibility index (Phi) is 12.2. The molecule has 1 atom stereocenters. The fraction of sp³-hybridized carbons (Fsp3) is 0.500. The van der Waals surface area contributed by atoms with Gasteiger partial charge in [-0.2, -0.15) is 0 Å². The molecular formula is C6H13CaMgO10P. The molecule has 0 fully saturated rings. The molecule has 19 heavy (non-hydrogen) atoms. The SMILES string of the molecule is O=C(O)CC(O)(CC(=O)OP(=O)(O)O)C(=O)O.[CaH2].[MgH2]. The minimum absolute atomic E-state index is 0. The van der Waals surface area contributed by atoms with Crippen molar-refractivity contribution in [2.45, 2.75) is 18.4 Å². The first-order valence-corrected chi connectivity index (χ1v) is 5.45. The molecule has 1 unspecified atom stereocenters. The van der Waals surface area contributed by atoms with Gasteiger partial charge in [0, 0.05) is 0 Å². The summed E-state index contributed by atoms with van der Waals surface area (Å²) >= 11 is 0. The molecular weight excluding hydrogens is 327 g/mol. The summed E-state index contributed by atoms with van der Waals surface area (Å²) in [5, 5.41) is 26.1. The quantitative estimate of drug-likeness (QED) is 0.240. The summed E-state index contributed by atoms with van der Waals surface area (Å²) in [4.78, 5) is 48.1. The molecule has 0 heterocycles. The molecule has 0 aliphatic carbocycles. The zero-order chi connectivity index (χ0) is 13.9. The summed E-state index contributed by atoms with van der Waals surface area (Å²) in [5.74, 6) is -5.47. The minimum atomic E-state index is -5.17. The molecule has 10 nitrogen and oxygen atoms in total. The summed E-state index contributed by atoms with van der Waals surface area (Å²) in [7, 11) is -5.17. The van der Waals surface area contributed by atoms with Gasteiger partial charge in [-0.15, -0.1) is 0 Å². The number of phosphoric ester groups is 1. The first-order valence-electron chi connectivity index (χ1n) is 3.92. The Balaban J connectivity index is -0.00000128. The predicted molar refractivity (Wildman–Crippen MR) is 64.7 cm³/mol. The normalized spacial score (nSPS) is 13.2. The van der Waals surface area contributed by atoms with Gasteiger partial charge in [-0.3, -0.25) is 19.4 Å². The van der Waals surface area contributed by atoms with Crippen LogP contribution in [-0.2, 0) is 23.5 Å². The number of aliphatic hydroxyl groups is 1. The van der Waals surface area contributed by atoms with E-state index in [-0.39, 0.29) is 60.8 Å². The first-order chi connectivity index (χ1) is 7.46. The van der Waals surface area contributed by atoms with E-state index >= 15 is 0 Å². The predicted octanol–water partition coefficient (Wildman–Crippen LogP) is -3.53. The van der Waals surface area contributed by atoms with Crippen LogP contribution >= 0.6 is 7.82 Å². The second-order valence-electron chi connectivity index (χ2n) is 3.04. The Hall–Kier alpha value is 0.546. The molecule has 0 aromatic heterocycles. The van der Waals surface area contributed by atoms with Gasteiger partial charge in [0.1, 0.15) is 0 Å². The van der Waals surface area contributed by atoms with Crippen molar-refractivity contribution in [3.8, 4) is 0 Å². The summed E-state index contributed by atoms with van der Waals surface area (Å²) < 4.78 is 13.7. The fourth-order valence-corrected chi connectivity index (χ4v) is 1.20. The van der Waals surface area contributed by atoms with E-state index in [1.54, 1.807) is 0 Å². The molecule has 0 rings (SSSR count). The van der Waals surface area contributed by atoms with Crippen LogP contribution in [0.2, 0.25) is 0 Å². The third-order valence-electron chi connectivity index (χ3n) is 1.50. The standard InChI is InChI=1S/C6H9O10P.Ca.Mg.4H/c7-3(8)1-6(12,5(10)11)2-4(9)16-17(13,14)15;;;;;;/h12H,1-2H2,(H,7,8)(H,10,11)(H2,13,14,15);;;;;;. The largest absolute Gasteiger partial charge is 0.316 e. The number of rotatable bonds is 6. The molecule has 0 spiro atoms. The molecule has 0 aliphatic heterocycles. The van der Waals surface area contributed by atoms with Crippen LogP contribution in [0.4, 0.5) is 0 Å². The van der Waals surface area contributed by atoms with Crippen LogP contribution in [0.15, 0.2) is 0 Å². The maximum Gasteiger partial charge on any atom is 0.316 e. The fourth-order valence-electron chi connectivity index (χ4n) is 0.868. The number of phosphoric acid groups is 1. The van der Waals surface area contributed by atoms with Gasteiger partial charge in [0.2, 0.25) is 0 Å². The third-order valence-corrected chi connectivity index (χ3v) is 1.94. The Bertz CT molecular complexity index is 393. The summed E-state index contributed by atoms with van der Waals surface area (Å²) in [6.07, 6.45) is -2.72. The molecule has 5 N–H and O–H groups in total. The first kappa shape index (κ1) is 24.6. The van der Waals surface area contributed by atoms with E-state index in [2.05, 4.69) is 4.52 Å². The average Bonchev–Trinajstić information content (AvgIpc) is 1.96. The topological polar surface area (TPSA) is 179 Å². The van der Waals surface area contributed by atoms with Crippen LogP contribution in [0.25, 0.3) is 0 Å². The van der Waals surface area contributed by atoms with E-state index in [0.717, 1.165) is 0 Å². The van der Waals surface area contributed by atoms with Crippen molar-refractivity contribution < 1.29 is 48.6 Å². The van der Waals surface area contributed by atoms with Crippen molar-refractivity contribution in [2.75, 3.05) is 0 Å². The zero-order valence-corrected chi connectivity index (χ0v) is 9.03. The van der Waals surface area contributed by atoms with Crippen LogP contribution in [0.1, 0.15) is 12.8 Å². The average molecular weight is 341 g/mol. The second kappa shape index (κ2) is 9.48. The maximum absolute atomic E-state index is 10.8. The van der Waals surface area contributed by atoms with Gasteiger partial charge in [0.05, 0.1) is 12.8 Å². The molecule has 0 aromatic rings. The Labute approximate surface area is 152 Å². The van der Waals surface area contributed by atoms with Crippen molar-refractivity contribution in [1.29, 1.82) is 0 Å². The van der Waals surface area contributed by atoms with Crippen LogP contribution in [0.3, 0.4) is 0 Å². The molecule has 0 bridgehead atoms. The molecule has 0 aromatic carbocycles. The van der Waals surface area contributed by atoms with Gasteiger partial charge in [-0.25, -0.2) is 9.36 Å². The molecule has 0 radical (unpaired) electrons. The minimum Gasteiger partial charge on any atom is 0.316 e. The van der Waals surface area contributed by atoms with Gasteiger partial charge < -0.3 is 19.8 Å². The van der Waals surface area contributed by atoms with E-state index < -0.39 is 44.2 Å². The number of carbonyl (C=O) groups excluding carboxylic acids is 1. The monoisotopic (exact) mass is 340 g/mol. The van der Waals surface area contributed by atoms with Crippen LogP contribution in [0.5, 0.6) is 0 Å². The molecule has 106 valence electrons. The number of carboxylic acids is 2. The van der Waals surface area contributed by atoms with Crippen molar-refractivity contribution in [3.05, 3.63) is 0 Å². The molecule has 0 aliphatic rings. The summed E-state index contributed by atoms with van der Waals surface area (Å²) in [6, 6.07) is 0. The van der Waals surface area contributed by atoms with Gasteiger partial charge in [-0.1, -0.05) is 0 Å². The van der Waals surface area contributed by atoms with Crippen molar-refractivity contribution in [3.63, 3.8) is 0 Å². The molecule has 13 heteroatoms. The summed E-state index contributed by atoms with van der Waals surface area (Å²) in [6.45, 7) is 0. The van der Waals surface area contributed by atoms with Crippen LogP contribution < -0.4 is 0 Å². The van der Waals surface area contributed by atoms with Gasteiger partial charge in [0.25, 0.3) is 0 Å². The van der Waals surface area contributed by atoms with Crippen LogP contribution in [0, 0.1) is 0 Å². The Morgan fingerprint density at radius 2 is 1.53 bits per heavy atom. The van der Waals surface area contributed by atoms with Gasteiger partial charge in [-0.05, 0) is 0 Å². The van der Waals surface area contributed by atoms with Crippen LogP contribution in [-0.4, -0.2) is 109 Å². The number of aliphatic carboxylic acids is 2. The molecule has 0 amide bonds. The van der Waals surface area contributed by atoms with Crippen molar-refractivity contribution in [2.24, 2.45) is 0 Å². The number of hydrogen-bond donors (Lipinski definition) is 5. The van der Waals surface area contributed by atoms with Gasteiger partial charge >= 0.3 is 86.5 Å². The molecule has 0 saturated heterocycles. The van der Waals surface area contributed by atoms with Crippen molar-refractivity contribution >= 4 is 86.5 Å². The number of carbonyl (C=O) groups is 3. The van der Waals surface area contributed by atoms with Gasteiger partial charge in [0.15, 0.2) is 5.60 Å². The van der Waals surface area contributed by atoms with E-state index in [0.29, 0.717) is 0 Å². The third kappa shape index (κ3) is 10.9. The maximum atomic E-state index is 10.8. The second-order valence-corrected chi connectivity index (χ2v) is 4.20. The smallest absolute Gasteiger partial charge is 0.316 e. The van der Waals surface area contributed by atoms with E-state index in [4.69, 9.17) is 20.0 Å². The molecule has 0 saturated carbocycles. The number of carboxylic acid groups (broad SMARTS) is 2. The van der Waals surface area contributed by atoms with E-state index in [9.17, 15) is 24.1 Å².